The first-order valence-corrected chi connectivity index (χ1v) is 12.4. The van der Waals surface area contributed by atoms with Gasteiger partial charge in [0.15, 0.2) is 0 Å². The van der Waals surface area contributed by atoms with E-state index in [1.165, 1.54) is 18.0 Å². The number of pyridine rings is 1. The van der Waals surface area contributed by atoms with Crippen LogP contribution < -0.4 is 15.4 Å². The molecule has 0 saturated carbocycles. The summed E-state index contributed by atoms with van der Waals surface area (Å²) >= 11 is 1.41. The summed E-state index contributed by atoms with van der Waals surface area (Å²) in [6, 6.07) is 25.6. The smallest absolute Gasteiger partial charge is 0.269 e. The van der Waals surface area contributed by atoms with Crippen LogP contribution in [0.3, 0.4) is 0 Å². The number of ether oxygens (including phenoxy) is 1. The van der Waals surface area contributed by atoms with Gasteiger partial charge in [0.05, 0.1) is 12.1 Å². The molecule has 0 radical (unpaired) electrons. The van der Waals surface area contributed by atoms with Gasteiger partial charge in [0, 0.05) is 35.6 Å². The second kappa shape index (κ2) is 12.4. The quantitative estimate of drug-likeness (QED) is 0.275. The molecule has 4 rings (SSSR count). The topological polar surface area (TPSA) is 84.7 Å². The second-order valence-electron chi connectivity index (χ2n) is 7.89. The highest BCUT2D eigenvalue weighted by atomic mass is 32.2. The minimum Gasteiger partial charge on any atom is -0.457 e. The Morgan fingerprint density at radius 2 is 1.68 bits per heavy atom. The van der Waals surface area contributed by atoms with E-state index in [1.807, 2.05) is 60.7 Å². The number of para-hydroxylation sites is 1. The first-order valence-electron chi connectivity index (χ1n) is 11.5. The summed E-state index contributed by atoms with van der Waals surface area (Å²) in [5.41, 5.74) is 2.39. The van der Waals surface area contributed by atoms with Crippen molar-refractivity contribution in [3.63, 3.8) is 0 Å². The molecule has 0 unspecified atom stereocenters. The molecule has 0 atom stereocenters. The Kier molecular flexibility index (Phi) is 8.53. The molecule has 0 saturated heterocycles. The van der Waals surface area contributed by atoms with E-state index in [-0.39, 0.29) is 17.5 Å². The maximum absolute atomic E-state index is 13.0. The largest absolute Gasteiger partial charge is 0.457 e. The summed E-state index contributed by atoms with van der Waals surface area (Å²) in [6.07, 6.45) is 2.13. The zero-order valence-corrected chi connectivity index (χ0v) is 20.9. The van der Waals surface area contributed by atoms with E-state index in [9.17, 15) is 9.59 Å². The van der Waals surface area contributed by atoms with E-state index in [0.29, 0.717) is 35.7 Å². The molecule has 0 aliphatic carbocycles. The van der Waals surface area contributed by atoms with Gasteiger partial charge in [-0.2, -0.15) is 0 Å². The highest BCUT2D eigenvalue weighted by molar-refractivity contribution is 7.99. The van der Waals surface area contributed by atoms with Crippen LogP contribution in [0.4, 0.5) is 5.69 Å². The zero-order valence-electron chi connectivity index (χ0n) is 20.1. The number of benzene rings is 3. The Bertz CT molecular complexity index is 1470. The van der Waals surface area contributed by atoms with Gasteiger partial charge in [0.2, 0.25) is 5.69 Å². The molecule has 3 aromatic carbocycles. The Hall–Kier alpha value is -4.61. The summed E-state index contributed by atoms with van der Waals surface area (Å²) in [7, 11) is 1.55. The van der Waals surface area contributed by atoms with Crippen molar-refractivity contribution in [2.45, 2.75) is 16.2 Å². The Balaban J connectivity index is 1.38. The number of nitrogens with one attached hydrogen (secondary N) is 2. The third-order valence-corrected chi connectivity index (χ3v) is 6.50. The Morgan fingerprint density at radius 3 is 2.49 bits per heavy atom. The van der Waals surface area contributed by atoms with Gasteiger partial charge in [-0.1, -0.05) is 48.5 Å². The maximum Gasteiger partial charge on any atom is 0.269 e. The average Bonchev–Trinajstić information content (AvgIpc) is 2.93. The molecule has 1 aromatic heterocycles. The van der Waals surface area contributed by atoms with Crippen molar-refractivity contribution in [2.24, 2.45) is 0 Å². The lowest BCUT2D eigenvalue weighted by atomic mass is 10.1. The molecule has 8 heteroatoms. The van der Waals surface area contributed by atoms with Gasteiger partial charge in [-0.15, -0.1) is 11.8 Å². The lowest BCUT2D eigenvalue weighted by Crippen LogP contribution is -2.26. The molecule has 0 aliphatic heterocycles. The van der Waals surface area contributed by atoms with E-state index in [0.717, 1.165) is 15.4 Å². The van der Waals surface area contributed by atoms with E-state index < -0.39 is 0 Å². The first-order chi connectivity index (χ1) is 18.1. The molecule has 4 aromatic rings. The van der Waals surface area contributed by atoms with Crippen LogP contribution in [0.2, 0.25) is 0 Å². The molecule has 7 nitrogen and oxygen atoms in total. The standard InChI is InChI=1S/C29H24N4O3S/c1-30-24-11-4-6-13-27(24)37-26-12-5-3-10-23(26)28(34)33-16-14-20-8-7-9-21(18-20)36-22-15-17-32-25(19-22)29(35)31-2/h3-13,15,17-19H,14,16H2,2H3,(H,31,35)(H,33,34). The fraction of sp³-hybridized carbons (Fsp3) is 0.103. The lowest BCUT2D eigenvalue weighted by molar-refractivity contribution is 0.0946. The van der Waals surface area contributed by atoms with Gasteiger partial charge in [-0.3, -0.25) is 14.6 Å². The van der Waals surface area contributed by atoms with Crippen molar-refractivity contribution in [1.29, 1.82) is 0 Å². The highest BCUT2D eigenvalue weighted by Crippen LogP contribution is 2.36. The molecule has 1 heterocycles. The second-order valence-corrected chi connectivity index (χ2v) is 8.97. The number of hydrogen-bond acceptors (Lipinski definition) is 5. The number of aromatic nitrogens is 1. The van der Waals surface area contributed by atoms with Crippen molar-refractivity contribution >= 4 is 29.3 Å². The van der Waals surface area contributed by atoms with Crippen LogP contribution in [0, 0.1) is 6.57 Å². The molecular formula is C29H24N4O3S. The number of nitrogens with zero attached hydrogens (tertiary/aromatic N) is 2. The molecular weight excluding hydrogens is 484 g/mol. The van der Waals surface area contributed by atoms with Crippen molar-refractivity contribution in [1.82, 2.24) is 15.6 Å². The predicted molar refractivity (Wildman–Crippen MR) is 143 cm³/mol. The third kappa shape index (κ3) is 6.75. The average molecular weight is 509 g/mol. The minimum absolute atomic E-state index is 0.172. The SMILES string of the molecule is [C-]#[N+]c1ccccc1Sc1ccccc1C(=O)NCCc1cccc(Oc2ccnc(C(=O)NC)c2)c1. The molecule has 0 fully saturated rings. The van der Waals surface area contributed by atoms with E-state index in [1.54, 1.807) is 31.3 Å². The van der Waals surface area contributed by atoms with Crippen LogP contribution >= 0.6 is 11.8 Å². The number of carbonyl (C=O) groups excluding carboxylic acids is 2. The van der Waals surface area contributed by atoms with E-state index in [4.69, 9.17) is 11.3 Å². The van der Waals surface area contributed by atoms with E-state index >= 15 is 0 Å². The fourth-order valence-corrected chi connectivity index (χ4v) is 4.56. The summed E-state index contributed by atoms with van der Waals surface area (Å²) in [4.78, 5) is 34.0. The number of carbonyl (C=O) groups is 2. The number of hydrogen-bond donors (Lipinski definition) is 2. The molecule has 2 N–H and O–H groups in total. The summed E-state index contributed by atoms with van der Waals surface area (Å²) in [6.45, 7) is 7.82. The maximum atomic E-state index is 13.0. The van der Waals surface area contributed by atoms with Crippen LogP contribution in [0.5, 0.6) is 11.5 Å². The number of amides is 2. The predicted octanol–water partition coefficient (Wildman–Crippen LogP) is 5.91. The van der Waals surface area contributed by atoms with Crippen molar-refractivity contribution in [3.05, 3.63) is 119 Å². The molecule has 0 aliphatic rings. The fourth-order valence-electron chi connectivity index (χ4n) is 3.54. The first kappa shape index (κ1) is 25.5. The van der Waals surface area contributed by atoms with Crippen molar-refractivity contribution in [2.75, 3.05) is 13.6 Å². The summed E-state index contributed by atoms with van der Waals surface area (Å²) < 4.78 is 5.91. The van der Waals surface area contributed by atoms with Crippen LogP contribution in [-0.4, -0.2) is 30.4 Å². The molecule has 37 heavy (non-hydrogen) atoms. The third-order valence-electron chi connectivity index (χ3n) is 5.36. The Labute approximate surface area is 219 Å². The molecule has 2 amide bonds. The zero-order chi connectivity index (χ0) is 26.0. The number of rotatable bonds is 9. The molecule has 0 bridgehead atoms. The van der Waals surface area contributed by atoms with E-state index in [2.05, 4.69) is 20.5 Å². The normalized spacial score (nSPS) is 10.3. The summed E-state index contributed by atoms with van der Waals surface area (Å²) in [5.74, 6) is 0.672. The minimum atomic E-state index is -0.287. The lowest BCUT2D eigenvalue weighted by Gasteiger charge is -2.11. The molecule has 184 valence electrons. The van der Waals surface area contributed by atoms with Gasteiger partial charge in [-0.25, -0.2) is 4.85 Å². The van der Waals surface area contributed by atoms with Gasteiger partial charge >= 0.3 is 0 Å². The van der Waals surface area contributed by atoms with Gasteiger partial charge in [0.1, 0.15) is 17.2 Å². The highest BCUT2D eigenvalue weighted by Gasteiger charge is 2.13. The van der Waals surface area contributed by atoms with Crippen molar-refractivity contribution < 1.29 is 14.3 Å². The van der Waals surface area contributed by atoms with Gasteiger partial charge in [-0.05, 0) is 42.3 Å². The Morgan fingerprint density at radius 1 is 0.919 bits per heavy atom. The monoisotopic (exact) mass is 508 g/mol. The van der Waals surface area contributed by atoms with Crippen LogP contribution in [0.15, 0.2) is 101 Å². The van der Waals surface area contributed by atoms with Crippen LogP contribution in [0.25, 0.3) is 4.85 Å². The van der Waals surface area contributed by atoms with Crippen molar-refractivity contribution in [3.8, 4) is 11.5 Å². The van der Waals surface area contributed by atoms with Gasteiger partial charge < -0.3 is 15.4 Å². The van der Waals surface area contributed by atoms with Gasteiger partial charge in [0.25, 0.3) is 11.8 Å². The van der Waals surface area contributed by atoms with Crippen LogP contribution in [-0.2, 0) is 6.42 Å². The summed E-state index contributed by atoms with van der Waals surface area (Å²) in [5, 5.41) is 5.53. The molecule has 0 spiro atoms. The van der Waals surface area contributed by atoms with Crippen LogP contribution in [0.1, 0.15) is 26.4 Å².